The molecule has 2 aromatic carbocycles. The van der Waals surface area contributed by atoms with E-state index in [1.165, 1.54) is 6.33 Å². The number of aldehydes is 1. The SMILES string of the molecule is CCNc1c(Cl)ncnc1Nc1cc(-c2ccc(C=O)cc2)ccc1N1CCN(C)CC1. The van der Waals surface area contributed by atoms with Crippen LogP contribution in [0.1, 0.15) is 17.3 Å². The zero-order valence-corrected chi connectivity index (χ0v) is 19.1. The molecule has 0 atom stereocenters. The summed E-state index contributed by atoms with van der Waals surface area (Å²) in [6.07, 6.45) is 2.32. The van der Waals surface area contributed by atoms with Gasteiger partial charge in [-0.3, -0.25) is 4.79 Å². The number of nitrogens with one attached hydrogen (secondary N) is 2. The first-order valence-electron chi connectivity index (χ1n) is 10.7. The molecule has 3 aromatic rings. The van der Waals surface area contributed by atoms with Crippen LogP contribution in [0.5, 0.6) is 0 Å². The first-order chi connectivity index (χ1) is 15.6. The molecule has 0 aliphatic carbocycles. The third-order valence-corrected chi connectivity index (χ3v) is 5.91. The summed E-state index contributed by atoms with van der Waals surface area (Å²) in [6.45, 7) is 6.63. The molecule has 0 spiro atoms. The summed E-state index contributed by atoms with van der Waals surface area (Å²) < 4.78 is 0. The second-order valence-corrected chi connectivity index (χ2v) is 8.16. The number of anilines is 4. The minimum atomic E-state index is 0.381. The van der Waals surface area contributed by atoms with Crippen molar-refractivity contribution in [2.45, 2.75) is 6.92 Å². The van der Waals surface area contributed by atoms with Gasteiger partial charge in [0.15, 0.2) is 11.0 Å². The lowest BCUT2D eigenvalue weighted by molar-refractivity contribution is 0.112. The Balaban J connectivity index is 1.74. The topological polar surface area (TPSA) is 73.4 Å². The second-order valence-electron chi connectivity index (χ2n) is 7.81. The highest BCUT2D eigenvalue weighted by Crippen LogP contribution is 2.36. The predicted octanol–water partition coefficient (Wildman–Crippen LogP) is 4.54. The Kier molecular flexibility index (Phi) is 6.87. The molecule has 2 heterocycles. The van der Waals surface area contributed by atoms with Crippen LogP contribution in [0.4, 0.5) is 22.9 Å². The molecule has 4 rings (SSSR count). The molecule has 0 amide bonds. The van der Waals surface area contributed by atoms with Crippen LogP contribution in [0.25, 0.3) is 11.1 Å². The third kappa shape index (κ3) is 4.84. The van der Waals surface area contributed by atoms with Gasteiger partial charge in [-0.25, -0.2) is 9.97 Å². The van der Waals surface area contributed by atoms with E-state index >= 15 is 0 Å². The summed E-state index contributed by atoms with van der Waals surface area (Å²) in [4.78, 5) is 24.3. The molecule has 1 aliphatic rings. The smallest absolute Gasteiger partial charge is 0.158 e. The summed E-state index contributed by atoms with van der Waals surface area (Å²) in [6, 6.07) is 14.0. The predicted molar refractivity (Wildman–Crippen MR) is 131 cm³/mol. The van der Waals surface area contributed by atoms with Crippen LogP contribution in [0.2, 0.25) is 5.15 Å². The van der Waals surface area contributed by atoms with Crippen molar-refractivity contribution in [1.29, 1.82) is 0 Å². The van der Waals surface area contributed by atoms with Crippen LogP contribution >= 0.6 is 11.6 Å². The maximum absolute atomic E-state index is 11.0. The van der Waals surface area contributed by atoms with Crippen molar-refractivity contribution in [3.8, 4) is 11.1 Å². The lowest BCUT2D eigenvalue weighted by atomic mass is 10.0. The zero-order chi connectivity index (χ0) is 22.5. The molecule has 166 valence electrons. The number of rotatable bonds is 7. The molecule has 0 radical (unpaired) electrons. The average molecular weight is 451 g/mol. The normalized spacial score (nSPS) is 14.3. The van der Waals surface area contributed by atoms with Crippen LogP contribution in [-0.4, -0.2) is 60.9 Å². The van der Waals surface area contributed by atoms with Crippen LogP contribution in [0.3, 0.4) is 0 Å². The van der Waals surface area contributed by atoms with Gasteiger partial charge < -0.3 is 20.4 Å². The monoisotopic (exact) mass is 450 g/mol. The van der Waals surface area contributed by atoms with Crippen LogP contribution in [-0.2, 0) is 0 Å². The van der Waals surface area contributed by atoms with Crippen molar-refractivity contribution < 1.29 is 4.79 Å². The number of carbonyl (C=O) groups is 1. The van der Waals surface area contributed by atoms with Gasteiger partial charge in [0.05, 0.1) is 11.4 Å². The second kappa shape index (κ2) is 9.97. The first kappa shape index (κ1) is 22.0. The summed E-state index contributed by atoms with van der Waals surface area (Å²) >= 11 is 6.34. The number of piperazine rings is 1. The fraction of sp³-hybridized carbons (Fsp3) is 0.292. The molecule has 32 heavy (non-hydrogen) atoms. The molecule has 7 nitrogen and oxygen atoms in total. The Labute approximate surface area is 193 Å². The van der Waals surface area contributed by atoms with E-state index in [9.17, 15) is 4.79 Å². The number of hydrogen-bond acceptors (Lipinski definition) is 7. The fourth-order valence-electron chi connectivity index (χ4n) is 3.81. The molecule has 1 saturated heterocycles. The highest BCUT2D eigenvalue weighted by Gasteiger charge is 2.19. The summed E-state index contributed by atoms with van der Waals surface area (Å²) in [7, 11) is 2.15. The molecule has 0 saturated carbocycles. The number of benzene rings is 2. The Morgan fingerprint density at radius 1 is 1.03 bits per heavy atom. The lowest BCUT2D eigenvalue weighted by Gasteiger charge is -2.35. The van der Waals surface area contributed by atoms with Gasteiger partial charge in [0, 0.05) is 38.3 Å². The van der Waals surface area contributed by atoms with E-state index < -0.39 is 0 Å². The van der Waals surface area contributed by atoms with E-state index in [0.717, 1.165) is 55.0 Å². The highest BCUT2D eigenvalue weighted by atomic mass is 35.5. The molecule has 8 heteroatoms. The van der Waals surface area contributed by atoms with Crippen molar-refractivity contribution in [1.82, 2.24) is 14.9 Å². The van der Waals surface area contributed by atoms with Gasteiger partial charge in [0.25, 0.3) is 0 Å². The molecule has 1 aromatic heterocycles. The molecule has 1 aliphatic heterocycles. The average Bonchev–Trinajstić information content (AvgIpc) is 2.82. The first-order valence-corrected chi connectivity index (χ1v) is 11.1. The van der Waals surface area contributed by atoms with Crippen molar-refractivity contribution in [2.24, 2.45) is 0 Å². The molecular weight excluding hydrogens is 424 g/mol. The van der Waals surface area contributed by atoms with E-state index in [4.69, 9.17) is 11.6 Å². The summed E-state index contributed by atoms with van der Waals surface area (Å²) in [5.74, 6) is 0.635. The van der Waals surface area contributed by atoms with Gasteiger partial charge in [0.1, 0.15) is 18.3 Å². The van der Waals surface area contributed by atoms with E-state index in [0.29, 0.717) is 28.8 Å². The third-order valence-electron chi connectivity index (χ3n) is 5.63. The summed E-state index contributed by atoms with van der Waals surface area (Å²) in [5, 5.41) is 7.13. The van der Waals surface area contributed by atoms with Gasteiger partial charge >= 0.3 is 0 Å². The van der Waals surface area contributed by atoms with Crippen molar-refractivity contribution in [3.05, 3.63) is 59.5 Å². The van der Waals surface area contributed by atoms with Gasteiger partial charge in [-0.1, -0.05) is 41.9 Å². The largest absolute Gasteiger partial charge is 0.380 e. The van der Waals surface area contributed by atoms with Gasteiger partial charge in [-0.2, -0.15) is 0 Å². The van der Waals surface area contributed by atoms with Crippen LogP contribution in [0.15, 0.2) is 48.8 Å². The van der Waals surface area contributed by atoms with Crippen molar-refractivity contribution >= 4 is 40.8 Å². The van der Waals surface area contributed by atoms with Crippen LogP contribution in [0, 0.1) is 0 Å². The maximum Gasteiger partial charge on any atom is 0.158 e. The number of aromatic nitrogens is 2. The number of likely N-dealkylation sites (N-methyl/N-ethyl adjacent to an activating group) is 1. The highest BCUT2D eigenvalue weighted by molar-refractivity contribution is 6.32. The Hall–Kier alpha value is -3.16. The lowest BCUT2D eigenvalue weighted by Crippen LogP contribution is -2.44. The fourth-order valence-corrected chi connectivity index (χ4v) is 4.01. The van der Waals surface area contributed by atoms with E-state index in [2.05, 4.69) is 55.6 Å². The molecular formula is C24H27ClN6O. The quantitative estimate of drug-likeness (QED) is 0.404. The number of halogens is 1. The van der Waals surface area contributed by atoms with Crippen molar-refractivity contribution in [3.63, 3.8) is 0 Å². The van der Waals surface area contributed by atoms with Gasteiger partial charge in [-0.05, 0) is 37.2 Å². The number of nitrogens with zero attached hydrogens (tertiary/aromatic N) is 4. The minimum Gasteiger partial charge on any atom is -0.380 e. The number of hydrogen-bond donors (Lipinski definition) is 2. The minimum absolute atomic E-state index is 0.381. The molecule has 2 N–H and O–H groups in total. The zero-order valence-electron chi connectivity index (χ0n) is 18.3. The maximum atomic E-state index is 11.0. The number of carbonyl (C=O) groups excluding carboxylic acids is 1. The van der Waals surface area contributed by atoms with Gasteiger partial charge in [-0.15, -0.1) is 0 Å². The Morgan fingerprint density at radius 3 is 2.44 bits per heavy atom. The van der Waals surface area contributed by atoms with Crippen molar-refractivity contribution in [2.75, 3.05) is 55.3 Å². The Morgan fingerprint density at radius 2 is 1.75 bits per heavy atom. The van der Waals surface area contributed by atoms with Crippen LogP contribution < -0.4 is 15.5 Å². The van der Waals surface area contributed by atoms with E-state index in [-0.39, 0.29) is 0 Å². The van der Waals surface area contributed by atoms with Gasteiger partial charge in [0.2, 0.25) is 0 Å². The molecule has 0 bridgehead atoms. The Bertz CT molecular complexity index is 1080. The summed E-state index contributed by atoms with van der Waals surface area (Å²) in [5.41, 5.74) is 5.49. The standard InChI is InChI=1S/C24H27ClN6O/c1-3-26-22-23(25)27-16-28-24(22)29-20-14-19(18-6-4-17(15-32)5-7-18)8-9-21(20)31-12-10-30(2)11-13-31/h4-9,14-16,26H,3,10-13H2,1-2H3,(H,27,28,29). The van der Waals surface area contributed by atoms with E-state index in [1.54, 1.807) is 0 Å². The van der Waals surface area contributed by atoms with E-state index in [1.807, 2.05) is 31.2 Å². The molecule has 1 fully saturated rings. The molecule has 0 unspecified atom stereocenters.